The lowest BCUT2D eigenvalue weighted by molar-refractivity contribution is 0.311. The van der Waals surface area contributed by atoms with Crippen molar-refractivity contribution in [3.63, 3.8) is 0 Å². The second-order valence-electron chi connectivity index (χ2n) is 6.83. The first-order chi connectivity index (χ1) is 13.3. The molecule has 1 unspecified atom stereocenters. The van der Waals surface area contributed by atoms with Crippen molar-refractivity contribution in [1.29, 1.82) is 0 Å². The van der Waals surface area contributed by atoms with Crippen LogP contribution in [0.2, 0.25) is 10.0 Å². The van der Waals surface area contributed by atoms with Crippen LogP contribution in [0.25, 0.3) is 5.69 Å². The van der Waals surface area contributed by atoms with E-state index >= 15 is 0 Å². The fraction of sp³-hybridized carbons (Fsp3) is 0.316. The van der Waals surface area contributed by atoms with E-state index < -0.39 is 5.56 Å². The SMILES string of the molecule is Cc1ccc(-n2ncc(NCC(c3cnn(C)c3)N(C)C)c(Cl)c2=O)cc1Cl. The van der Waals surface area contributed by atoms with E-state index in [-0.39, 0.29) is 11.1 Å². The van der Waals surface area contributed by atoms with Crippen LogP contribution in [0.5, 0.6) is 0 Å². The normalized spacial score (nSPS) is 12.4. The molecule has 2 aromatic heterocycles. The highest BCUT2D eigenvalue weighted by Crippen LogP contribution is 2.23. The number of likely N-dealkylation sites (N-methyl/N-ethyl adjacent to an activating group) is 1. The van der Waals surface area contributed by atoms with Gasteiger partial charge in [-0.25, -0.2) is 0 Å². The highest BCUT2D eigenvalue weighted by molar-refractivity contribution is 6.33. The molecule has 1 atom stereocenters. The maximum Gasteiger partial charge on any atom is 0.292 e. The third kappa shape index (κ3) is 4.22. The van der Waals surface area contributed by atoms with Crippen molar-refractivity contribution in [2.24, 2.45) is 7.05 Å². The fourth-order valence-electron chi connectivity index (χ4n) is 2.87. The van der Waals surface area contributed by atoms with Gasteiger partial charge in [-0.1, -0.05) is 29.3 Å². The second-order valence-corrected chi connectivity index (χ2v) is 7.62. The Morgan fingerprint density at radius 1 is 1.21 bits per heavy atom. The van der Waals surface area contributed by atoms with Gasteiger partial charge in [-0.05, 0) is 38.7 Å². The topological polar surface area (TPSA) is 68.0 Å². The fourth-order valence-corrected chi connectivity index (χ4v) is 3.24. The quantitative estimate of drug-likeness (QED) is 0.662. The van der Waals surface area contributed by atoms with E-state index in [1.165, 1.54) is 4.68 Å². The molecular formula is C19H22Cl2N6O. The number of anilines is 1. The summed E-state index contributed by atoms with van der Waals surface area (Å²) < 4.78 is 3.00. The van der Waals surface area contributed by atoms with E-state index in [0.29, 0.717) is 22.9 Å². The molecule has 2 heterocycles. The molecule has 1 aromatic carbocycles. The lowest BCUT2D eigenvalue weighted by atomic mass is 10.1. The molecule has 0 aliphatic heterocycles. The predicted molar refractivity (Wildman–Crippen MR) is 113 cm³/mol. The number of halogens is 2. The van der Waals surface area contributed by atoms with E-state index in [1.807, 2.05) is 46.5 Å². The minimum atomic E-state index is -0.408. The molecule has 0 bridgehead atoms. The molecule has 0 saturated heterocycles. The molecule has 0 radical (unpaired) electrons. The van der Waals surface area contributed by atoms with Gasteiger partial charge in [-0.3, -0.25) is 9.48 Å². The van der Waals surface area contributed by atoms with E-state index in [2.05, 4.69) is 20.4 Å². The number of nitrogens with zero attached hydrogens (tertiary/aromatic N) is 5. The van der Waals surface area contributed by atoms with Crippen molar-refractivity contribution in [1.82, 2.24) is 24.5 Å². The summed E-state index contributed by atoms with van der Waals surface area (Å²) >= 11 is 12.5. The summed E-state index contributed by atoms with van der Waals surface area (Å²) in [6.07, 6.45) is 5.34. The lowest BCUT2D eigenvalue weighted by Crippen LogP contribution is -2.28. The number of benzene rings is 1. The predicted octanol–water partition coefficient (Wildman–Crippen LogP) is 3.30. The highest BCUT2D eigenvalue weighted by Gasteiger charge is 2.18. The molecule has 3 aromatic rings. The average Bonchev–Trinajstić information content (AvgIpc) is 3.07. The monoisotopic (exact) mass is 420 g/mol. The summed E-state index contributed by atoms with van der Waals surface area (Å²) in [4.78, 5) is 14.8. The van der Waals surface area contributed by atoms with E-state index in [0.717, 1.165) is 11.1 Å². The van der Waals surface area contributed by atoms with Crippen molar-refractivity contribution in [3.8, 4) is 5.69 Å². The Bertz CT molecular complexity index is 1040. The summed E-state index contributed by atoms with van der Waals surface area (Å²) in [6.45, 7) is 2.44. The molecular weight excluding hydrogens is 399 g/mol. The molecule has 1 N–H and O–H groups in total. The molecule has 0 aliphatic rings. The van der Waals surface area contributed by atoms with Crippen LogP contribution in [-0.4, -0.2) is 45.1 Å². The number of aromatic nitrogens is 4. The highest BCUT2D eigenvalue weighted by atomic mass is 35.5. The van der Waals surface area contributed by atoms with Crippen LogP contribution in [0.3, 0.4) is 0 Å². The Kier molecular flexibility index (Phi) is 6.07. The van der Waals surface area contributed by atoms with Crippen molar-refractivity contribution < 1.29 is 0 Å². The summed E-state index contributed by atoms with van der Waals surface area (Å²) in [5.74, 6) is 0. The van der Waals surface area contributed by atoms with E-state index in [9.17, 15) is 4.79 Å². The minimum absolute atomic E-state index is 0.0584. The van der Waals surface area contributed by atoms with Gasteiger partial charge in [0.05, 0.1) is 29.8 Å². The number of rotatable bonds is 6. The van der Waals surface area contributed by atoms with Gasteiger partial charge >= 0.3 is 0 Å². The summed E-state index contributed by atoms with van der Waals surface area (Å²) in [6, 6.07) is 5.37. The molecule has 0 saturated carbocycles. The van der Waals surface area contributed by atoms with E-state index in [4.69, 9.17) is 23.2 Å². The zero-order valence-corrected chi connectivity index (χ0v) is 17.7. The smallest absolute Gasteiger partial charge is 0.292 e. The summed E-state index contributed by atoms with van der Waals surface area (Å²) in [5.41, 5.74) is 2.63. The maximum absolute atomic E-state index is 12.7. The molecule has 0 fully saturated rings. The Labute approximate surface area is 173 Å². The van der Waals surface area contributed by atoms with Gasteiger partial charge in [0.2, 0.25) is 0 Å². The van der Waals surface area contributed by atoms with Gasteiger partial charge in [-0.15, -0.1) is 0 Å². The Morgan fingerprint density at radius 2 is 1.96 bits per heavy atom. The number of aryl methyl sites for hydroxylation is 2. The molecule has 9 heteroatoms. The molecule has 7 nitrogen and oxygen atoms in total. The van der Waals surface area contributed by atoms with Crippen molar-refractivity contribution in [2.45, 2.75) is 13.0 Å². The first-order valence-corrected chi connectivity index (χ1v) is 9.46. The van der Waals surface area contributed by atoms with Gasteiger partial charge < -0.3 is 10.2 Å². The van der Waals surface area contributed by atoms with E-state index in [1.54, 1.807) is 23.0 Å². The first kappa shape index (κ1) is 20.4. The number of hydrogen-bond acceptors (Lipinski definition) is 5. The number of nitrogens with one attached hydrogen (secondary N) is 1. The van der Waals surface area contributed by atoms with Gasteiger partial charge in [0.25, 0.3) is 5.56 Å². The van der Waals surface area contributed by atoms with Crippen molar-refractivity contribution in [2.75, 3.05) is 26.0 Å². The zero-order chi connectivity index (χ0) is 20.4. The summed E-state index contributed by atoms with van der Waals surface area (Å²) in [7, 11) is 5.85. The van der Waals surface area contributed by atoms with Crippen LogP contribution in [0.15, 0.2) is 41.6 Å². The molecule has 148 valence electrons. The van der Waals surface area contributed by atoms with Crippen molar-refractivity contribution >= 4 is 28.9 Å². The standard InChI is InChI=1S/C19H22Cl2N6O/c1-12-5-6-14(7-15(12)20)27-19(28)18(21)16(9-24-27)22-10-17(25(2)3)13-8-23-26(4)11-13/h5-9,11,17,22H,10H2,1-4H3. The van der Waals surface area contributed by atoms with Crippen LogP contribution < -0.4 is 10.9 Å². The van der Waals surface area contributed by atoms with Gasteiger partial charge in [0, 0.05) is 30.4 Å². The molecule has 0 spiro atoms. The molecule has 3 rings (SSSR count). The van der Waals surface area contributed by atoms with Crippen LogP contribution in [0.4, 0.5) is 5.69 Å². The van der Waals surface area contributed by atoms with Gasteiger partial charge in [-0.2, -0.15) is 14.9 Å². The Morgan fingerprint density at radius 3 is 2.57 bits per heavy atom. The molecule has 28 heavy (non-hydrogen) atoms. The molecule has 0 aliphatic carbocycles. The summed E-state index contributed by atoms with van der Waals surface area (Å²) in [5, 5.41) is 12.3. The Hall–Kier alpha value is -2.35. The van der Waals surface area contributed by atoms with Gasteiger partial charge in [0.1, 0.15) is 5.02 Å². The van der Waals surface area contributed by atoms with Crippen LogP contribution in [0.1, 0.15) is 17.2 Å². The third-order valence-electron chi connectivity index (χ3n) is 4.54. The van der Waals surface area contributed by atoms with Crippen LogP contribution in [-0.2, 0) is 7.05 Å². The zero-order valence-electron chi connectivity index (χ0n) is 16.1. The number of hydrogen-bond donors (Lipinski definition) is 1. The first-order valence-electron chi connectivity index (χ1n) is 8.71. The van der Waals surface area contributed by atoms with Gasteiger partial charge in [0.15, 0.2) is 0 Å². The maximum atomic E-state index is 12.7. The molecule has 0 amide bonds. The lowest BCUT2D eigenvalue weighted by Gasteiger charge is -2.24. The third-order valence-corrected chi connectivity index (χ3v) is 5.31. The average molecular weight is 421 g/mol. The Balaban J connectivity index is 1.84. The van der Waals surface area contributed by atoms with Crippen LogP contribution >= 0.6 is 23.2 Å². The minimum Gasteiger partial charge on any atom is -0.380 e. The largest absolute Gasteiger partial charge is 0.380 e. The second kappa shape index (κ2) is 8.34. The van der Waals surface area contributed by atoms with Crippen LogP contribution in [0, 0.1) is 6.92 Å². The van der Waals surface area contributed by atoms with Crippen molar-refractivity contribution in [3.05, 3.63) is 68.3 Å².